The number of nitrogens with one attached hydrogen (secondary N) is 1. The van der Waals surface area contributed by atoms with Gasteiger partial charge < -0.3 is 65.1 Å². The molecule has 14 heteroatoms. The molecular formula is C56H107NO13. The molecule has 2 rings (SSSR count). The Balaban J connectivity index is 1.51. The van der Waals surface area contributed by atoms with Gasteiger partial charge in [-0.15, -0.1) is 0 Å². The summed E-state index contributed by atoms with van der Waals surface area (Å²) in [6.07, 6.45) is 32.4. The smallest absolute Gasteiger partial charge is 0.220 e. The van der Waals surface area contributed by atoms with Crippen LogP contribution in [0.2, 0.25) is 0 Å². The van der Waals surface area contributed by atoms with Crippen molar-refractivity contribution in [1.82, 2.24) is 5.32 Å². The number of carbonyl (C=O) groups is 1. The molecule has 0 saturated carbocycles. The first-order valence-electron chi connectivity index (χ1n) is 28.9. The van der Waals surface area contributed by atoms with E-state index in [4.69, 9.17) is 18.9 Å². The lowest BCUT2D eigenvalue weighted by atomic mass is 9.97. The molecule has 12 unspecified atom stereocenters. The lowest BCUT2D eigenvalue weighted by molar-refractivity contribution is -0.359. The maximum absolute atomic E-state index is 13.1. The zero-order chi connectivity index (χ0) is 51.0. The maximum Gasteiger partial charge on any atom is 0.220 e. The van der Waals surface area contributed by atoms with Crippen molar-refractivity contribution in [2.24, 2.45) is 0 Å². The van der Waals surface area contributed by atoms with E-state index in [1.54, 1.807) is 6.08 Å². The number of ether oxygens (including phenoxy) is 4. The van der Waals surface area contributed by atoms with E-state index in [-0.39, 0.29) is 18.9 Å². The van der Waals surface area contributed by atoms with Gasteiger partial charge in [0.15, 0.2) is 12.6 Å². The minimum atomic E-state index is -1.78. The second-order valence-corrected chi connectivity index (χ2v) is 20.8. The molecule has 1 amide bonds. The fourth-order valence-corrected chi connectivity index (χ4v) is 9.75. The molecule has 2 aliphatic heterocycles. The van der Waals surface area contributed by atoms with E-state index < -0.39 is 86.8 Å². The Kier molecular flexibility index (Phi) is 39.9. The van der Waals surface area contributed by atoms with Crippen molar-refractivity contribution in [3.8, 4) is 0 Å². The first kappa shape index (κ1) is 64.8. The zero-order valence-electron chi connectivity index (χ0n) is 44.3. The van der Waals surface area contributed by atoms with Gasteiger partial charge in [-0.05, 0) is 12.8 Å². The van der Waals surface area contributed by atoms with Crippen molar-refractivity contribution >= 4 is 5.91 Å². The van der Waals surface area contributed by atoms with Crippen LogP contribution in [0.3, 0.4) is 0 Å². The van der Waals surface area contributed by atoms with Crippen molar-refractivity contribution < 1.29 is 64.6 Å². The van der Waals surface area contributed by atoms with Crippen LogP contribution in [-0.4, -0.2) is 140 Å². The summed E-state index contributed by atoms with van der Waals surface area (Å²) >= 11 is 0. The Labute approximate surface area is 425 Å². The molecule has 12 atom stereocenters. The van der Waals surface area contributed by atoms with E-state index in [1.165, 1.54) is 180 Å². The summed E-state index contributed by atoms with van der Waals surface area (Å²) in [7, 11) is 0. The Bertz CT molecular complexity index is 1230. The standard InChI is InChI=1S/C56H107NO13/c1-3-5-7-9-10-11-12-13-14-15-16-17-18-19-20-21-22-23-24-25-26-27-28-29-30-31-32-33-34-35-36-38-40-48(61)57-44(45(60)39-37-8-6-4-2)43-67-55-53(66)51(64)54(47(42-59)69-55)70-56-52(65)50(63)49(62)46(41-58)68-56/h37,39,44-47,49-56,58-60,62-66H,3-36,38,40-43H2,1-2H3,(H,57,61)/b39-37+. The van der Waals surface area contributed by atoms with Gasteiger partial charge in [0, 0.05) is 6.42 Å². The molecule has 0 bridgehead atoms. The molecule has 2 saturated heterocycles. The second-order valence-electron chi connectivity index (χ2n) is 20.8. The molecule has 70 heavy (non-hydrogen) atoms. The van der Waals surface area contributed by atoms with Crippen molar-refractivity contribution in [1.29, 1.82) is 0 Å². The number of unbranched alkanes of at least 4 members (excludes halogenated alkanes) is 33. The fraction of sp³-hybridized carbons (Fsp3) is 0.946. The Morgan fingerprint density at radius 3 is 1.30 bits per heavy atom. The summed E-state index contributed by atoms with van der Waals surface area (Å²) < 4.78 is 22.5. The Morgan fingerprint density at radius 2 is 0.886 bits per heavy atom. The average Bonchev–Trinajstić information content (AvgIpc) is 3.36. The summed E-state index contributed by atoms with van der Waals surface area (Å²) in [6.45, 7) is 2.65. The van der Waals surface area contributed by atoms with Crippen LogP contribution in [-0.2, 0) is 23.7 Å². The first-order chi connectivity index (χ1) is 34.1. The lowest BCUT2D eigenvalue weighted by Gasteiger charge is -2.46. The number of carbonyl (C=O) groups excluding carboxylic acids is 1. The van der Waals surface area contributed by atoms with Gasteiger partial charge in [0.1, 0.15) is 48.8 Å². The molecule has 414 valence electrons. The van der Waals surface area contributed by atoms with Crippen LogP contribution in [0, 0.1) is 0 Å². The second kappa shape index (κ2) is 43.0. The predicted molar refractivity (Wildman–Crippen MR) is 277 cm³/mol. The highest BCUT2D eigenvalue weighted by molar-refractivity contribution is 5.76. The summed E-state index contributed by atoms with van der Waals surface area (Å²) in [5, 5.41) is 86.1. The maximum atomic E-state index is 13.1. The van der Waals surface area contributed by atoms with Crippen LogP contribution in [0.1, 0.15) is 245 Å². The number of hydrogen-bond acceptors (Lipinski definition) is 13. The van der Waals surface area contributed by atoms with Crippen molar-refractivity contribution in [2.45, 2.75) is 319 Å². The highest BCUT2D eigenvalue weighted by Gasteiger charge is 2.51. The van der Waals surface area contributed by atoms with Crippen LogP contribution < -0.4 is 5.32 Å². The third-order valence-electron chi connectivity index (χ3n) is 14.5. The highest BCUT2D eigenvalue weighted by Crippen LogP contribution is 2.30. The van der Waals surface area contributed by atoms with Crippen LogP contribution in [0.4, 0.5) is 0 Å². The van der Waals surface area contributed by atoms with E-state index in [1.807, 2.05) is 6.08 Å². The third kappa shape index (κ3) is 29.0. The number of aliphatic hydroxyl groups excluding tert-OH is 8. The largest absolute Gasteiger partial charge is 0.394 e. The van der Waals surface area contributed by atoms with E-state index in [9.17, 15) is 45.6 Å². The minimum Gasteiger partial charge on any atom is -0.394 e. The molecule has 0 aliphatic carbocycles. The summed E-state index contributed by atoms with van der Waals surface area (Å²) in [6, 6.07) is -0.905. The zero-order valence-corrected chi connectivity index (χ0v) is 44.3. The van der Waals surface area contributed by atoms with Crippen LogP contribution in [0.25, 0.3) is 0 Å². The van der Waals surface area contributed by atoms with Gasteiger partial charge in [-0.2, -0.15) is 0 Å². The van der Waals surface area contributed by atoms with Crippen molar-refractivity contribution in [3.05, 3.63) is 12.2 Å². The SMILES string of the molecule is CCCC/C=C/C(O)C(COC1OC(CO)C(OC2OC(CO)C(O)C(O)C2O)C(O)C1O)NC(=O)CCCCCCCCCCCCCCCCCCCCCCCCCCCCCCCCCC. The minimum absolute atomic E-state index is 0.244. The molecular weight excluding hydrogens is 895 g/mol. The van der Waals surface area contributed by atoms with Gasteiger partial charge >= 0.3 is 0 Å². The van der Waals surface area contributed by atoms with E-state index in [2.05, 4.69) is 19.2 Å². The predicted octanol–water partition coefficient (Wildman–Crippen LogP) is 9.11. The first-order valence-corrected chi connectivity index (χ1v) is 28.9. The number of hydrogen-bond donors (Lipinski definition) is 9. The monoisotopic (exact) mass is 1000 g/mol. The van der Waals surface area contributed by atoms with Gasteiger partial charge in [0.2, 0.25) is 5.91 Å². The van der Waals surface area contributed by atoms with Gasteiger partial charge in [-0.25, -0.2) is 0 Å². The normalized spacial score (nSPS) is 26.0. The summed E-state index contributed by atoms with van der Waals surface area (Å²) in [5.74, 6) is -0.244. The fourth-order valence-electron chi connectivity index (χ4n) is 9.75. The van der Waals surface area contributed by atoms with E-state index >= 15 is 0 Å². The van der Waals surface area contributed by atoms with Gasteiger partial charge in [0.25, 0.3) is 0 Å². The summed E-state index contributed by atoms with van der Waals surface area (Å²) in [5.41, 5.74) is 0. The Morgan fingerprint density at radius 1 is 0.500 bits per heavy atom. The number of rotatable bonds is 46. The molecule has 2 aliphatic rings. The number of allylic oxidation sites excluding steroid dienone is 1. The highest BCUT2D eigenvalue weighted by atomic mass is 16.7. The lowest BCUT2D eigenvalue weighted by Crippen LogP contribution is -2.65. The molecule has 0 aromatic carbocycles. The number of aliphatic hydroxyl groups is 8. The number of amides is 1. The van der Waals surface area contributed by atoms with E-state index in [0.717, 1.165) is 38.5 Å². The van der Waals surface area contributed by atoms with Crippen LogP contribution in [0.5, 0.6) is 0 Å². The molecule has 2 fully saturated rings. The average molecular weight is 1000 g/mol. The molecule has 14 nitrogen and oxygen atoms in total. The Hall–Kier alpha value is -1.27. The van der Waals surface area contributed by atoms with Crippen LogP contribution in [0.15, 0.2) is 12.2 Å². The summed E-state index contributed by atoms with van der Waals surface area (Å²) in [4.78, 5) is 13.1. The van der Waals surface area contributed by atoms with Gasteiger partial charge in [-0.3, -0.25) is 4.79 Å². The quantitative estimate of drug-likeness (QED) is 0.0205. The molecule has 0 radical (unpaired) electrons. The molecule has 2 heterocycles. The molecule has 0 aromatic rings. The van der Waals surface area contributed by atoms with Gasteiger partial charge in [-0.1, -0.05) is 238 Å². The molecule has 0 spiro atoms. The molecule has 0 aromatic heterocycles. The van der Waals surface area contributed by atoms with Crippen LogP contribution >= 0.6 is 0 Å². The topological polar surface area (TPSA) is 228 Å². The third-order valence-corrected chi connectivity index (χ3v) is 14.5. The molecule has 9 N–H and O–H groups in total. The van der Waals surface area contributed by atoms with Crippen molar-refractivity contribution in [2.75, 3.05) is 19.8 Å². The van der Waals surface area contributed by atoms with Crippen molar-refractivity contribution in [3.63, 3.8) is 0 Å². The van der Waals surface area contributed by atoms with E-state index in [0.29, 0.717) is 6.42 Å². The van der Waals surface area contributed by atoms with Gasteiger partial charge in [0.05, 0.1) is 32.0 Å².